The SMILES string of the molecule is Cc1c(/C=N/NC(=S)NC(C)C)c2ccccn2c1C(=O)c1ccc(F)cc1. The average Bonchev–Trinajstić information content (AvgIpc) is 2.93. The predicted molar refractivity (Wildman–Crippen MR) is 114 cm³/mol. The fourth-order valence-electron chi connectivity index (χ4n) is 2.99. The Kier molecular flexibility index (Phi) is 5.84. The summed E-state index contributed by atoms with van der Waals surface area (Å²) in [4.78, 5) is 13.1. The van der Waals surface area contributed by atoms with Gasteiger partial charge >= 0.3 is 0 Å². The maximum atomic E-state index is 13.2. The Morgan fingerprint density at radius 1 is 1.21 bits per heavy atom. The molecule has 0 aliphatic carbocycles. The highest BCUT2D eigenvalue weighted by Gasteiger charge is 2.20. The minimum absolute atomic E-state index is 0.177. The van der Waals surface area contributed by atoms with Crippen molar-refractivity contribution in [3.8, 4) is 0 Å². The molecule has 28 heavy (non-hydrogen) atoms. The number of carbonyl (C=O) groups is 1. The van der Waals surface area contributed by atoms with Crippen molar-refractivity contribution in [1.82, 2.24) is 15.1 Å². The van der Waals surface area contributed by atoms with Crippen LogP contribution in [-0.2, 0) is 0 Å². The smallest absolute Gasteiger partial charge is 0.210 e. The third-order valence-electron chi connectivity index (χ3n) is 4.24. The van der Waals surface area contributed by atoms with E-state index < -0.39 is 0 Å². The third-order valence-corrected chi connectivity index (χ3v) is 4.45. The van der Waals surface area contributed by atoms with Crippen LogP contribution in [0.1, 0.15) is 41.0 Å². The van der Waals surface area contributed by atoms with Gasteiger partial charge in [-0.15, -0.1) is 0 Å². The van der Waals surface area contributed by atoms with Crippen LogP contribution in [-0.4, -0.2) is 27.6 Å². The van der Waals surface area contributed by atoms with Crippen LogP contribution in [0.15, 0.2) is 53.8 Å². The average molecular weight is 396 g/mol. The second-order valence-electron chi connectivity index (χ2n) is 6.68. The van der Waals surface area contributed by atoms with Gasteiger partial charge in [0.25, 0.3) is 0 Å². The van der Waals surface area contributed by atoms with Crippen LogP contribution in [0.4, 0.5) is 4.39 Å². The monoisotopic (exact) mass is 396 g/mol. The third kappa shape index (κ3) is 4.09. The van der Waals surface area contributed by atoms with Crippen LogP contribution in [0.5, 0.6) is 0 Å². The van der Waals surface area contributed by atoms with Gasteiger partial charge in [0.2, 0.25) is 5.78 Å². The Bertz CT molecular complexity index is 1050. The lowest BCUT2D eigenvalue weighted by atomic mass is 10.0. The molecule has 5 nitrogen and oxygen atoms in total. The van der Waals surface area contributed by atoms with Crippen molar-refractivity contribution in [2.75, 3.05) is 0 Å². The number of thiocarbonyl (C=S) groups is 1. The van der Waals surface area contributed by atoms with Crippen molar-refractivity contribution in [2.24, 2.45) is 5.10 Å². The molecule has 0 fully saturated rings. The van der Waals surface area contributed by atoms with E-state index >= 15 is 0 Å². The van der Waals surface area contributed by atoms with Gasteiger partial charge in [0.05, 0.1) is 17.4 Å². The molecule has 0 aliphatic rings. The molecule has 0 saturated heterocycles. The highest BCUT2D eigenvalue weighted by molar-refractivity contribution is 7.80. The van der Waals surface area contributed by atoms with Crippen LogP contribution in [0, 0.1) is 12.7 Å². The lowest BCUT2D eigenvalue weighted by Gasteiger charge is -2.09. The van der Waals surface area contributed by atoms with Gasteiger partial charge < -0.3 is 9.72 Å². The zero-order chi connectivity index (χ0) is 20.3. The molecule has 3 rings (SSSR count). The Morgan fingerprint density at radius 2 is 1.93 bits per heavy atom. The van der Waals surface area contributed by atoms with Gasteiger partial charge in [-0.1, -0.05) is 6.07 Å². The maximum absolute atomic E-state index is 13.2. The summed E-state index contributed by atoms with van der Waals surface area (Å²) in [6, 6.07) is 11.4. The molecular formula is C21H21FN4OS. The summed E-state index contributed by atoms with van der Waals surface area (Å²) < 4.78 is 15.0. The molecule has 0 unspecified atom stereocenters. The Morgan fingerprint density at radius 3 is 2.61 bits per heavy atom. The van der Waals surface area contributed by atoms with Gasteiger partial charge in [0.1, 0.15) is 5.82 Å². The molecule has 1 aromatic carbocycles. The highest BCUT2D eigenvalue weighted by atomic mass is 32.1. The normalized spacial score (nSPS) is 11.3. The summed E-state index contributed by atoms with van der Waals surface area (Å²) in [5.41, 5.74) is 6.18. The number of ketones is 1. The first-order valence-corrected chi connectivity index (χ1v) is 9.28. The van der Waals surface area contributed by atoms with Gasteiger partial charge in [-0.25, -0.2) is 4.39 Å². The molecule has 0 bridgehead atoms. The van der Waals surface area contributed by atoms with E-state index in [1.807, 2.05) is 49.6 Å². The van der Waals surface area contributed by atoms with Crippen molar-refractivity contribution in [3.05, 3.63) is 76.9 Å². The summed E-state index contributed by atoms with van der Waals surface area (Å²) in [7, 11) is 0. The van der Waals surface area contributed by atoms with Gasteiger partial charge in [-0.2, -0.15) is 5.10 Å². The van der Waals surface area contributed by atoms with E-state index in [1.165, 1.54) is 24.3 Å². The summed E-state index contributed by atoms with van der Waals surface area (Å²) in [6.45, 7) is 5.84. The van der Waals surface area contributed by atoms with Crippen molar-refractivity contribution in [3.63, 3.8) is 0 Å². The van der Waals surface area contributed by atoms with Gasteiger partial charge in [-0.05, 0) is 75.0 Å². The molecule has 7 heteroatoms. The van der Waals surface area contributed by atoms with E-state index in [9.17, 15) is 9.18 Å². The van der Waals surface area contributed by atoms with E-state index in [2.05, 4.69) is 15.8 Å². The van der Waals surface area contributed by atoms with E-state index in [4.69, 9.17) is 12.2 Å². The zero-order valence-corrected chi connectivity index (χ0v) is 16.7. The number of nitrogens with zero attached hydrogens (tertiary/aromatic N) is 2. The Hall–Kier alpha value is -3.06. The summed E-state index contributed by atoms with van der Waals surface area (Å²) in [5.74, 6) is -0.554. The number of hydrazone groups is 1. The topological polar surface area (TPSA) is 57.9 Å². The minimum Gasteiger partial charge on any atom is -0.359 e. The van der Waals surface area contributed by atoms with E-state index in [0.717, 1.165) is 16.6 Å². The number of hydrogen-bond acceptors (Lipinski definition) is 3. The summed E-state index contributed by atoms with van der Waals surface area (Å²) in [5, 5.41) is 7.68. The molecular weight excluding hydrogens is 375 g/mol. The molecule has 2 aromatic heterocycles. The first kappa shape index (κ1) is 19.7. The molecule has 2 heterocycles. The minimum atomic E-state index is -0.377. The number of aromatic nitrogens is 1. The number of benzene rings is 1. The lowest BCUT2D eigenvalue weighted by Crippen LogP contribution is -2.36. The molecule has 0 spiro atoms. The molecule has 0 saturated carbocycles. The van der Waals surface area contributed by atoms with Gasteiger partial charge in [0, 0.05) is 23.4 Å². The van der Waals surface area contributed by atoms with Crippen molar-refractivity contribution in [1.29, 1.82) is 0 Å². The van der Waals surface area contributed by atoms with Crippen LogP contribution in [0.25, 0.3) is 5.52 Å². The Balaban J connectivity index is 1.99. The standard InChI is InChI=1S/C21H21FN4OS/c1-13(2)24-21(28)25-23-12-17-14(3)19(26-11-5-4-6-18(17)26)20(27)15-7-9-16(22)10-8-15/h4-13H,1-3H3,(H2,24,25,28)/b23-12+. The zero-order valence-electron chi connectivity index (χ0n) is 15.9. The van der Waals surface area contributed by atoms with Crippen LogP contribution < -0.4 is 10.7 Å². The molecule has 144 valence electrons. The summed E-state index contributed by atoms with van der Waals surface area (Å²) >= 11 is 5.17. The van der Waals surface area contributed by atoms with Crippen LogP contribution in [0.3, 0.4) is 0 Å². The molecule has 0 amide bonds. The second kappa shape index (κ2) is 8.31. The summed E-state index contributed by atoms with van der Waals surface area (Å²) in [6.07, 6.45) is 3.48. The quantitative estimate of drug-likeness (QED) is 0.298. The number of nitrogens with one attached hydrogen (secondary N) is 2. The number of halogens is 1. The highest BCUT2D eigenvalue weighted by Crippen LogP contribution is 2.24. The first-order chi connectivity index (χ1) is 13.4. The van der Waals surface area contributed by atoms with Crippen LogP contribution in [0.2, 0.25) is 0 Å². The van der Waals surface area contributed by atoms with E-state index in [0.29, 0.717) is 16.4 Å². The number of rotatable bonds is 5. The predicted octanol–water partition coefficient (Wildman–Crippen LogP) is 3.82. The molecule has 3 aromatic rings. The maximum Gasteiger partial charge on any atom is 0.210 e. The van der Waals surface area contributed by atoms with Gasteiger partial charge in [-0.3, -0.25) is 10.2 Å². The van der Waals surface area contributed by atoms with E-state index in [-0.39, 0.29) is 17.6 Å². The number of carbonyl (C=O) groups excluding carboxylic acids is 1. The molecule has 0 radical (unpaired) electrons. The van der Waals surface area contributed by atoms with Crippen molar-refractivity contribution >= 4 is 34.8 Å². The van der Waals surface area contributed by atoms with E-state index in [1.54, 1.807) is 6.21 Å². The fourth-order valence-corrected chi connectivity index (χ4v) is 3.28. The van der Waals surface area contributed by atoms with Gasteiger partial charge in [0.15, 0.2) is 5.11 Å². The van der Waals surface area contributed by atoms with Crippen molar-refractivity contribution < 1.29 is 9.18 Å². The Labute approximate surface area is 168 Å². The lowest BCUT2D eigenvalue weighted by molar-refractivity contribution is 0.103. The fraction of sp³-hybridized carbons (Fsp3) is 0.190. The van der Waals surface area contributed by atoms with Crippen LogP contribution >= 0.6 is 12.2 Å². The molecule has 2 N–H and O–H groups in total. The number of fused-ring (bicyclic) bond motifs is 1. The number of pyridine rings is 1. The molecule has 0 aliphatic heterocycles. The van der Waals surface area contributed by atoms with Crippen molar-refractivity contribution in [2.45, 2.75) is 26.8 Å². The largest absolute Gasteiger partial charge is 0.359 e. The first-order valence-electron chi connectivity index (χ1n) is 8.88. The second-order valence-corrected chi connectivity index (χ2v) is 7.09. The molecule has 0 atom stereocenters. The number of hydrogen-bond donors (Lipinski definition) is 2.